The Morgan fingerprint density at radius 2 is 1.83 bits per heavy atom. The van der Waals surface area contributed by atoms with Crippen LogP contribution in [0.5, 0.6) is 0 Å². The number of hydrogen-bond acceptors (Lipinski definition) is 5. The van der Waals surface area contributed by atoms with Crippen molar-refractivity contribution in [2.45, 2.75) is 96.2 Å². The third-order valence-corrected chi connectivity index (χ3v) is 8.74. The van der Waals surface area contributed by atoms with Crippen molar-refractivity contribution in [1.29, 1.82) is 0 Å². The second-order valence-electron chi connectivity index (χ2n) is 11.1. The molecule has 3 aliphatic rings. The fourth-order valence-electron chi connectivity index (χ4n) is 6.78. The molecule has 3 aliphatic heterocycles. The lowest BCUT2D eigenvalue weighted by atomic mass is 9.65. The van der Waals surface area contributed by atoms with Crippen LogP contribution in [0.4, 0.5) is 0 Å². The number of benzene rings is 1. The van der Waals surface area contributed by atoms with E-state index in [1.54, 1.807) is 4.90 Å². The van der Waals surface area contributed by atoms with Crippen LogP contribution in [0.1, 0.15) is 65.9 Å². The summed E-state index contributed by atoms with van der Waals surface area (Å²) < 4.78 is 6.76. The van der Waals surface area contributed by atoms with Crippen LogP contribution in [0.3, 0.4) is 0 Å². The van der Waals surface area contributed by atoms with E-state index >= 15 is 0 Å². The van der Waals surface area contributed by atoms with Gasteiger partial charge in [-0.3, -0.25) is 14.4 Å². The molecule has 2 unspecified atom stereocenters. The third kappa shape index (κ3) is 4.12. The van der Waals surface area contributed by atoms with E-state index in [2.05, 4.69) is 10.6 Å². The van der Waals surface area contributed by atoms with Crippen LogP contribution in [-0.2, 0) is 25.7 Å². The molecule has 1 aromatic carbocycles. The fourth-order valence-corrected chi connectivity index (χ4v) is 6.78. The number of hydrogen-bond donors (Lipinski definition) is 3. The number of rotatable bonds is 10. The molecule has 0 saturated carbocycles. The van der Waals surface area contributed by atoms with E-state index < -0.39 is 35.1 Å². The van der Waals surface area contributed by atoms with Gasteiger partial charge in [0, 0.05) is 12.6 Å². The summed E-state index contributed by atoms with van der Waals surface area (Å²) in [5.41, 5.74) is -0.892. The summed E-state index contributed by atoms with van der Waals surface area (Å²) >= 11 is 0. The van der Waals surface area contributed by atoms with Crippen LogP contribution < -0.4 is 10.6 Å². The summed E-state index contributed by atoms with van der Waals surface area (Å²) in [6.45, 7) is 9.84. The maximum Gasteiger partial charge on any atom is 0.246 e. The van der Waals surface area contributed by atoms with Crippen molar-refractivity contribution in [3.63, 3.8) is 0 Å². The molecule has 2 bridgehead atoms. The van der Waals surface area contributed by atoms with Crippen molar-refractivity contribution in [3.8, 4) is 0 Å². The molecular weight excluding hydrogens is 458 g/mol. The van der Waals surface area contributed by atoms with Crippen molar-refractivity contribution < 1.29 is 24.2 Å². The molecule has 36 heavy (non-hydrogen) atoms. The standard InChI is InChI=1S/C28H41N3O5/c1-6-18(5)20(16-32)31-23(25(34)30-17(3)4)28-14-13-27(7-2,36-28)21(22(28)26(31)35)24(33)29-15-19-11-9-8-10-12-19/h8-12,17-18,20-23,32H,6-7,13-16H2,1-5H3,(H,29,33)(H,30,34)/t18-,20-,21+,22-,23?,27-,28?/m0/s1. The van der Waals surface area contributed by atoms with E-state index in [1.807, 2.05) is 65.0 Å². The minimum atomic E-state index is -1.08. The Bertz CT molecular complexity index is 985. The Labute approximate surface area is 214 Å². The molecule has 3 heterocycles. The molecule has 1 aromatic rings. The quantitative estimate of drug-likeness (QED) is 0.458. The van der Waals surface area contributed by atoms with Gasteiger partial charge in [-0.2, -0.15) is 0 Å². The third-order valence-electron chi connectivity index (χ3n) is 8.74. The van der Waals surface area contributed by atoms with Crippen molar-refractivity contribution in [3.05, 3.63) is 35.9 Å². The summed E-state index contributed by atoms with van der Waals surface area (Å²) in [6.07, 6.45) is 2.47. The Hall–Kier alpha value is -2.45. The minimum absolute atomic E-state index is 0.0220. The van der Waals surface area contributed by atoms with Crippen molar-refractivity contribution >= 4 is 17.7 Å². The maximum absolute atomic E-state index is 14.2. The molecule has 3 saturated heterocycles. The van der Waals surface area contributed by atoms with E-state index in [0.717, 1.165) is 12.0 Å². The number of aliphatic hydroxyl groups is 1. The number of nitrogens with one attached hydrogen (secondary N) is 2. The number of ether oxygens (including phenoxy) is 1. The summed E-state index contributed by atoms with van der Waals surface area (Å²) in [5, 5.41) is 16.4. The smallest absolute Gasteiger partial charge is 0.246 e. The molecule has 3 N–H and O–H groups in total. The van der Waals surface area contributed by atoms with Gasteiger partial charge in [0.05, 0.1) is 30.1 Å². The molecule has 7 atom stereocenters. The highest BCUT2D eigenvalue weighted by molar-refractivity contribution is 5.99. The first-order valence-electron chi connectivity index (χ1n) is 13.4. The number of amides is 3. The first kappa shape index (κ1) is 26.6. The molecular formula is C28H41N3O5. The van der Waals surface area contributed by atoms with E-state index in [9.17, 15) is 19.5 Å². The van der Waals surface area contributed by atoms with Crippen molar-refractivity contribution in [2.24, 2.45) is 17.8 Å². The largest absolute Gasteiger partial charge is 0.394 e. The average Bonchev–Trinajstić information content (AvgIpc) is 3.47. The number of carbonyl (C=O) groups excluding carboxylic acids is 3. The number of fused-ring (bicyclic) bond motifs is 1. The molecule has 3 amide bonds. The molecule has 8 heteroatoms. The molecule has 8 nitrogen and oxygen atoms in total. The lowest BCUT2D eigenvalue weighted by molar-refractivity contribution is -0.152. The van der Waals surface area contributed by atoms with Crippen LogP contribution in [0.25, 0.3) is 0 Å². The van der Waals surface area contributed by atoms with Gasteiger partial charge in [-0.25, -0.2) is 0 Å². The number of carbonyl (C=O) groups is 3. The van der Waals surface area contributed by atoms with Crippen LogP contribution >= 0.6 is 0 Å². The monoisotopic (exact) mass is 499 g/mol. The zero-order valence-electron chi connectivity index (χ0n) is 22.1. The average molecular weight is 500 g/mol. The van der Waals surface area contributed by atoms with E-state index in [-0.39, 0.29) is 36.3 Å². The molecule has 0 aromatic heterocycles. The normalized spacial score (nSPS) is 32.5. The molecule has 3 fully saturated rings. The number of aliphatic hydroxyl groups excluding tert-OH is 1. The van der Waals surface area contributed by atoms with Gasteiger partial charge in [-0.1, -0.05) is 57.5 Å². The van der Waals surface area contributed by atoms with Crippen LogP contribution in [-0.4, -0.2) is 63.7 Å². The first-order chi connectivity index (χ1) is 17.2. The van der Waals surface area contributed by atoms with Gasteiger partial charge >= 0.3 is 0 Å². The lowest BCUT2D eigenvalue weighted by Gasteiger charge is -2.39. The topological polar surface area (TPSA) is 108 Å². The zero-order valence-corrected chi connectivity index (χ0v) is 22.1. The Morgan fingerprint density at radius 1 is 1.14 bits per heavy atom. The van der Waals surface area contributed by atoms with Crippen LogP contribution in [0, 0.1) is 17.8 Å². The molecule has 198 valence electrons. The minimum Gasteiger partial charge on any atom is -0.394 e. The van der Waals surface area contributed by atoms with Crippen molar-refractivity contribution in [2.75, 3.05) is 6.61 Å². The van der Waals surface area contributed by atoms with Crippen LogP contribution in [0.15, 0.2) is 30.3 Å². The Balaban J connectivity index is 1.74. The molecule has 0 radical (unpaired) electrons. The lowest BCUT2D eigenvalue weighted by Crippen LogP contribution is -2.59. The predicted molar refractivity (Wildman–Crippen MR) is 136 cm³/mol. The predicted octanol–water partition coefficient (Wildman–Crippen LogP) is 2.39. The highest BCUT2D eigenvalue weighted by Gasteiger charge is 2.79. The van der Waals surface area contributed by atoms with E-state index in [1.165, 1.54) is 0 Å². The second-order valence-corrected chi connectivity index (χ2v) is 11.1. The van der Waals surface area contributed by atoms with Gasteiger partial charge in [-0.05, 0) is 44.6 Å². The van der Waals surface area contributed by atoms with E-state index in [0.29, 0.717) is 25.8 Å². The van der Waals surface area contributed by atoms with Crippen LogP contribution in [0.2, 0.25) is 0 Å². The Kier molecular flexibility index (Phi) is 7.49. The summed E-state index contributed by atoms with van der Waals surface area (Å²) in [4.78, 5) is 43.2. The number of nitrogens with zero attached hydrogens (tertiary/aromatic N) is 1. The summed E-state index contributed by atoms with van der Waals surface area (Å²) in [5.74, 6) is -2.22. The van der Waals surface area contributed by atoms with Gasteiger partial charge < -0.3 is 25.4 Å². The maximum atomic E-state index is 14.2. The Morgan fingerprint density at radius 3 is 2.42 bits per heavy atom. The van der Waals surface area contributed by atoms with Gasteiger partial charge in [0.1, 0.15) is 11.6 Å². The highest BCUT2D eigenvalue weighted by atomic mass is 16.5. The second kappa shape index (κ2) is 10.1. The molecule has 4 rings (SSSR count). The summed E-state index contributed by atoms with van der Waals surface area (Å²) in [7, 11) is 0. The van der Waals surface area contributed by atoms with Gasteiger partial charge in [-0.15, -0.1) is 0 Å². The highest BCUT2D eigenvalue weighted by Crippen LogP contribution is 2.64. The zero-order chi connectivity index (χ0) is 26.3. The van der Waals surface area contributed by atoms with Crippen molar-refractivity contribution in [1.82, 2.24) is 15.5 Å². The van der Waals surface area contributed by atoms with Gasteiger partial charge in [0.15, 0.2) is 0 Å². The number of likely N-dealkylation sites (tertiary alicyclic amines) is 1. The molecule has 1 spiro atoms. The first-order valence-corrected chi connectivity index (χ1v) is 13.4. The van der Waals surface area contributed by atoms with E-state index in [4.69, 9.17) is 4.74 Å². The summed E-state index contributed by atoms with van der Waals surface area (Å²) in [6, 6.07) is 8.12. The molecule has 0 aliphatic carbocycles. The fraction of sp³-hybridized carbons (Fsp3) is 0.679. The van der Waals surface area contributed by atoms with Gasteiger partial charge in [0.2, 0.25) is 17.7 Å². The SMILES string of the molecule is CC[C@H](C)[C@H](CO)N1C(=O)[C@@H]2[C@H](C(=O)NCc3ccccc3)[C@]3(CC)CCC2(O3)C1C(=O)NC(C)C. The van der Waals surface area contributed by atoms with Gasteiger partial charge in [0.25, 0.3) is 0 Å².